The molecule has 0 amide bonds. The molecule has 1 aromatic heterocycles. The molecule has 0 aliphatic carbocycles. The lowest BCUT2D eigenvalue weighted by Crippen LogP contribution is -2.24. The molecule has 0 bridgehead atoms. The van der Waals surface area contributed by atoms with Crippen LogP contribution in [0.5, 0.6) is 5.75 Å². The number of rotatable bonds is 3. The minimum atomic E-state index is 0.170. The number of aryl methyl sites for hydroxylation is 1. The van der Waals surface area contributed by atoms with Gasteiger partial charge in [-0.05, 0) is 18.6 Å². The second-order valence-corrected chi connectivity index (χ2v) is 4.42. The van der Waals surface area contributed by atoms with Crippen molar-refractivity contribution in [3.05, 3.63) is 47.9 Å². The zero-order valence-corrected chi connectivity index (χ0v) is 10.3. The predicted octanol–water partition coefficient (Wildman–Crippen LogP) is 2.20. The largest absolute Gasteiger partial charge is 0.488 e. The molecule has 0 saturated carbocycles. The molecule has 1 aliphatic heterocycles. The number of fused-ring (bicyclic) bond motifs is 1. The number of hydrogen-bond acceptors (Lipinski definition) is 4. The second-order valence-electron chi connectivity index (χ2n) is 4.42. The van der Waals surface area contributed by atoms with E-state index in [1.54, 1.807) is 12.4 Å². The number of hydrogen-bond donors (Lipinski definition) is 1. The Labute approximate surface area is 106 Å². The normalized spacial score (nSPS) is 17.1. The highest BCUT2D eigenvalue weighted by Gasteiger charge is 2.22. The lowest BCUT2D eigenvalue weighted by molar-refractivity contribution is 0.246. The van der Waals surface area contributed by atoms with Gasteiger partial charge in [-0.15, -0.1) is 0 Å². The summed E-state index contributed by atoms with van der Waals surface area (Å²) in [4.78, 5) is 8.46. The average Bonchev–Trinajstić information content (AvgIpc) is 2.80. The van der Waals surface area contributed by atoms with Crippen LogP contribution in [0.1, 0.15) is 11.3 Å². The van der Waals surface area contributed by atoms with Crippen LogP contribution in [0.3, 0.4) is 0 Å². The van der Waals surface area contributed by atoms with Crippen LogP contribution >= 0.6 is 0 Å². The summed E-state index contributed by atoms with van der Waals surface area (Å²) in [5.41, 5.74) is 2.19. The Morgan fingerprint density at radius 2 is 2.11 bits per heavy atom. The Bertz CT molecular complexity index is 531. The smallest absolute Gasteiger partial charge is 0.147 e. The van der Waals surface area contributed by atoms with Crippen LogP contribution in [-0.4, -0.2) is 22.6 Å². The lowest BCUT2D eigenvalue weighted by Gasteiger charge is -2.13. The third kappa shape index (κ3) is 2.14. The summed E-state index contributed by atoms with van der Waals surface area (Å²) in [5.74, 6) is 1.83. The first-order valence-corrected chi connectivity index (χ1v) is 6.09. The van der Waals surface area contributed by atoms with E-state index in [0.717, 1.165) is 30.2 Å². The van der Waals surface area contributed by atoms with Crippen molar-refractivity contribution in [3.8, 4) is 5.75 Å². The molecule has 4 nitrogen and oxygen atoms in total. The molecule has 1 aromatic carbocycles. The zero-order valence-electron chi connectivity index (χ0n) is 10.3. The number of aromatic nitrogens is 2. The number of benzene rings is 1. The molecule has 1 aliphatic rings. The fourth-order valence-corrected chi connectivity index (χ4v) is 2.16. The predicted molar refractivity (Wildman–Crippen MR) is 69.8 cm³/mol. The average molecular weight is 241 g/mol. The van der Waals surface area contributed by atoms with E-state index < -0.39 is 0 Å². The minimum Gasteiger partial charge on any atom is -0.488 e. The molecule has 0 saturated heterocycles. The maximum atomic E-state index is 5.86. The number of nitrogens with one attached hydrogen (secondary N) is 1. The van der Waals surface area contributed by atoms with Crippen LogP contribution in [0.4, 0.5) is 5.82 Å². The summed E-state index contributed by atoms with van der Waals surface area (Å²) in [6, 6.07) is 8.18. The molecule has 2 aromatic rings. The third-order valence-corrected chi connectivity index (χ3v) is 3.09. The van der Waals surface area contributed by atoms with Gasteiger partial charge in [0.1, 0.15) is 17.7 Å². The van der Waals surface area contributed by atoms with E-state index in [1.807, 2.05) is 25.1 Å². The molecule has 0 spiro atoms. The zero-order chi connectivity index (χ0) is 12.4. The Morgan fingerprint density at radius 1 is 1.28 bits per heavy atom. The topological polar surface area (TPSA) is 47.0 Å². The highest BCUT2D eigenvalue weighted by Crippen LogP contribution is 2.28. The van der Waals surface area contributed by atoms with Crippen LogP contribution in [0.25, 0.3) is 0 Å². The quantitative estimate of drug-likeness (QED) is 0.895. The fraction of sp³-hybridized carbons (Fsp3) is 0.286. The van der Waals surface area contributed by atoms with Crippen LogP contribution in [-0.2, 0) is 6.42 Å². The molecule has 2 heterocycles. The van der Waals surface area contributed by atoms with Crippen LogP contribution < -0.4 is 10.1 Å². The summed E-state index contributed by atoms with van der Waals surface area (Å²) >= 11 is 0. The van der Waals surface area contributed by atoms with Gasteiger partial charge >= 0.3 is 0 Å². The third-order valence-electron chi connectivity index (χ3n) is 3.09. The Morgan fingerprint density at radius 3 is 2.94 bits per heavy atom. The highest BCUT2D eigenvalue weighted by molar-refractivity contribution is 5.40. The van der Waals surface area contributed by atoms with Gasteiger partial charge in [0, 0.05) is 18.8 Å². The van der Waals surface area contributed by atoms with Crippen molar-refractivity contribution in [2.24, 2.45) is 0 Å². The van der Waals surface area contributed by atoms with Crippen LogP contribution in [0, 0.1) is 6.92 Å². The molecular formula is C14H15N3O. The SMILES string of the molecule is Cc1nccnc1NCC1Cc2ccccc2O1. The van der Waals surface area contributed by atoms with Gasteiger partial charge in [-0.25, -0.2) is 4.98 Å². The van der Waals surface area contributed by atoms with Gasteiger partial charge in [0.25, 0.3) is 0 Å². The van der Waals surface area contributed by atoms with Crippen LogP contribution in [0.2, 0.25) is 0 Å². The molecule has 0 fully saturated rings. The van der Waals surface area contributed by atoms with Crippen molar-refractivity contribution >= 4 is 5.82 Å². The highest BCUT2D eigenvalue weighted by atomic mass is 16.5. The molecule has 1 unspecified atom stereocenters. The molecule has 0 radical (unpaired) electrons. The fourth-order valence-electron chi connectivity index (χ4n) is 2.16. The van der Waals surface area contributed by atoms with E-state index in [0.29, 0.717) is 0 Å². The first-order valence-electron chi connectivity index (χ1n) is 6.09. The van der Waals surface area contributed by atoms with Gasteiger partial charge in [-0.3, -0.25) is 4.98 Å². The van der Waals surface area contributed by atoms with Crippen molar-refractivity contribution in [1.29, 1.82) is 0 Å². The van der Waals surface area contributed by atoms with Crippen molar-refractivity contribution in [3.63, 3.8) is 0 Å². The Balaban J connectivity index is 1.62. The number of ether oxygens (including phenoxy) is 1. The lowest BCUT2D eigenvalue weighted by atomic mass is 10.1. The van der Waals surface area contributed by atoms with Gasteiger partial charge in [-0.2, -0.15) is 0 Å². The molecule has 1 N–H and O–H groups in total. The first kappa shape index (κ1) is 11.0. The van der Waals surface area contributed by atoms with Gasteiger partial charge in [0.15, 0.2) is 0 Å². The van der Waals surface area contributed by atoms with Crippen molar-refractivity contribution < 1.29 is 4.74 Å². The maximum Gasteiger partial charge on any atom is 0.147 e. The molecule has 1 atom stereocenters. The number of para-hydroxylation sites is 1. The first-order chi connectivity index (χ1) is 8.83. The number of anilines is 1. The molecule has 4 heteroatoms. The summed E-state index contributed by atoms with van der Waals surface area (Å²) in [6.07, 6.45) is 4.51. The van der Waals surface area contributed by atoms with Gasteiger partial charge in [0.2, 0.25) is 0 Å². The minimum absolute atomic E-state index is 0.170. The Hall–Kier alpha value is -2.10. The summed E-state index contributed by atoms with van der Waals surface area (Å²) < 4.78 is 5.86. The second kappa shape index (κ2) is 4.64. The summed E-state index contributed by atoms with van der Waals surface area (Å²) in [5, 5.41) is 3.29. The van der Waals surface area contributed by atoms with Gasteiger partial charge < -0.3 is 10.1 Å². The molecule has 3 rings (SSSR count). The maximum absolute atomic E-state index is 5.86. The van der Waals surface area contributed by atoms with E-state index in [1.165, 1.54) is 5.56 Å². The van der Waals surface area contributed by atoms with E-state index in [9.17, 15) is 0 Å². The van der Waals surface area contributed by atoms with E-state index >= 15 is 0 Å². The molecule has 18 heavy (non-hydrogen) atoms. The van der Waals surface area contributed by atoms with Crippen molar-refractivity contribution in [2.45, 2.75) is 19.4 Å². The summed E-state index contributed by atoms with van der Waals surface area (Å²) in [6.45, 7) is 2.69. The summed E-state index contributed by atoms with van der Waals surface area (Å²) in [7, 11) is 0. The number of nitrogens with zero attached hydrogens (tertiary/aromatic N) is 2. The standard InChI is InChI=1S/C14H15N3O/c1-10-14(16-7-6-15-10)17-9-12-8-11-4-2-3-5-13(11)18-12/h2-7,12H,8-9H2,1H3,(H,16,17). The molecular weight excluding hydrogens is 226 g/mol. The molecule has 92 valence electrons. The Kier molecular flexibility index (Phi) is 2.84. The van der Waals surface area contributed by atoms with Crippen molar-refractivity contribution in [1.82, 2.24) is 9.97 Å². The van der Waals surface area contributed by atoms with E-state index in [2.05, 4.69) is 21.4 Å². The van der Waals surface area contributed by atoms with Gasteiger partial charge in [0.05, 0.1) is 12.2 Å². The van der Waals surface area contributed by atoms with E-state index in [4.69, 9.17) is 4.74 Å². The van der Waals surface area contributed by atoms with Crippen molar-refractivity contribution in [2.75, 3.05) is 11.9 Å². The monoisotopic (exact) mass is 241 g/mol. The van der Waals surface area contributed by atoms with E-state index in [-0.39, 0.29) is 6.10 Å². The van der Waals surface area contributed by atoms with Gasteiger partial charge in [-0.1, -0.05) is 18.2 Å². The van der Waals surface area contributed by atoms with Crippen LogP contribution in [0.15, 0.2) is 36.7 Å².